The average molecular weight is 314 g/mol. The molecule has 0 spiro atoms. The van der Waals surface area contributed by atoms with Crippen LogP contribution in [0.2, 0.25) is 0 Å². The number of benzene rings is 2. The number of ether oxygens (including phenoxy) is 2. The molecule has 0 saturated heterocycles. The van der Waals surface area contributed by atoms with Crippen LogP contribution in [0, 0.1) is 13.8 Å². The third-order valence-corrected chi connectivity index (χ3v) is 4.03. The van der Waals surface area contributed by atoms with Crippen LogP contribution in [0.3, 0.4) is 0 Å². The zero-order valence-electron chi connectivity index (χ0n) is 13.6. The summed E-state index contributed by atoms with van der Waals surface area (Å²) in [6.45, 7) is 8.51. The molecular formula is C19H22O2S. The van der Waals surface area contributed by atoms with Crippen LogP contribution >= 0.6 is 11.3 Å². The van der Waals surface area contributed by atoms with E-state index in [4.69, 9.17) is 9.47 Å². The molecule has 0 aliphatic carbocycles. The largest absolute Gasteiger partial charge is 0.454 e. The van der Waals surface area contributed by atoms with Crippen molar-refractivity contribution in [2.45, 2.75) is 27.7 Å². The maximum atomic E-state index is 5.16. The van der Waals surface area contributed by atoms with Gasteiger partial charge in [0.1, 0.15) is 0 Å². The molecule has 116 valence electrons. The van der Waals surface area contributed by atoms with Gasteiger partial charge in [-0.15, -0.1) is 11.3 Å². The molecule has 1 aliphatic rings. The standard InChI is InChI=1S/C9H8S.C8H8O2.C2H6/c1-7-2-3-9-8(6-7)4-5-10-9;1-6-2-3-7-8(4-6)10-5-9-7;1-2/h2-6H,1H3;2-4H,5H2,1H3;1-2H3. The van der Waals surface area contributed by atoms with Gasteiger partial charge in [0.05, 0.1) is 0 Å². The minimum Gasteiger partial charge on any atom is -0.454 e. The van der Waals surface area contributed by atoms with Crippen LogP contribution < -0.4 is 9.47 Å². The van der Waals surface area contributed by atoms with Crippen molar-refractivity contribution in [1.29, 1.82) is 0 Å². The topological polar surface area (TPSA) is 18.5 Å². The molecule has 1 aliphatic heterocycles. The van der Waals surface area contributed by atoms with Gasteiger partial charge in [-0.05, 0) is 54.4 Å². The smallest absolute Gasteiger partial charge is 0.231 e. The molecular weight excluding hydrogens is 292 g/mol. The summed E-state index contributed by atoms with van der Waals surface area (Å²) in [6.07, 6.45) is 0. The monoisotopic (exact) mass is 314 g/mol. The molecule has 2 nitrogen and oxygen atoms in total. The fourth-order valence-electron chi connectivity index (χ4n) is 2.09. The molecule has 3 heteroatoms. The lowest BCUT2D eigenvalue weighted by molar-refractivity contribution is 0.174. The highest BCUT2D eigenvalue weighted by atomic mass is 32.1. The zero-order valence-corrected chi connectivity index (χ0v) is 14.4. The summed E-state index contributed by atoms with van der Waals surface area (Å²) in [5.41, 5.74) is 2.54. The summed E-state index contributed by atoms with van der Waals surface area (Å²) in [5.74, 6) is 1.71. The maximum Gasteiger partial charge on any atom is 0.231 e. The van der Waals surface area contributed by atoms with Gasteiger partial charge in [-0.25, -0.2) is 0 Å². The van der Waals surface area contributed by atoms with E-state index in [0.717, 1.165) is 11.5 Å². The Kier molecular flexibility index (Phi) is 5.84. The second-order valence-corrected chi connectivity index (χ2v) is 5.77. The summed E-state index contributed by atoms with van der Waals surface area (Å²) >= 11 is 1.80. The Labute approximate surface area is 136 Å². The fourth-order valence-corrected chi connectivity index (χ4v) is 2.86. The maximum absolute atomic E-state index is 5.16. The molecule has 0 unspecified atom stereocenters. The van der Waals surface area contributed by atoms with Crippen molar-refractivity contribution in [2.75, 3.05) is 6.79 Å². The van der Waals surface area contributed by atoms with Crippen LogP contribution in [0.25, 0.3) is 10.1 Å². The van der Waals surface area contributed by atoms with Gasteiger partial charge in [0.2, 0.25) is 6.79 Å². The molecule has 0 radical (unpaired) electrons. The number of fused-ring (bicyclic) bond motifs is 2. The van der Waals surface area contributed by atoms with Gasteiger partial charge >= 0.3 is 0 Å². The van der Waals surface area contributed by atoms with Gasteiger partial charge in [0, 0.05) is 4.70 Å². The van der Waals surface area contributed by atoms with Crippen LogP contribution in [0.1, 0.15) is 25.0 Å². The molecule has 0 bridgehead atoms. The normalized spacial score (nSPS) is 11.3. The van der Waals surface area contributed by atoms with Gasteiger partial charge in [-0.2, -0.15) is 0 Å². The first-order valence-electron chi connectivity index (χ1n) is 7.52. The highest BCUT2D eigenvalue weighted by Crippen LogP contribution is 2.31. The Hall–Kier alpha value is -2.00. The van der Waals surface area contributed by atoms with E-state index >= 15 is 0 Å². The minimum absolute atomic E-state index is 0.360. The van der Waals surface area contributed by atoms with Crippen LogP contribution in [0.5, 0.6) is 11.5 Å². The molecule has 0 saturated carbocycles. The Bertz CT molecular complexity index is 731. The molecule has 2 heterocycles. The van der Waals surface area contributed by atoms with Crippen molar-refractivity contribution in [3.05, 3.63) is 59.0 Å². The molecule has 1 aromatic heterocycles. The van der Waals surface area contributed by atoms with Crippen LogP contribution in [-0.2, 0) is 0 Å². The van der Waals surface area contributed by atoms with E-state index in [1.54, 1.807) is 11.3 Å². The van der Waals surface area contributed by atoms with Crippen molar-refractivity contribution in [3.8, 4) is 11.5 Å². The van der Waals surface area contributed by atoms with E-state index in [1.165, 1.54) is 21.2 Å². The predicted molar refractivity (Wildman–Crippen MR) is 95.2 cm³/mol. The number of thiophene rings is 1. The van der Waals surface area contributed by atoms with Crippen molar-refractivity contribution in [2.24, 2.45) is 0 Å². The van der Waals surface area contributed by atoms with Crippen molar-refractivity contribution < 1.29 is 9.47 Å². The molecule has 0 amide bonds. The highest BCUT2D eigenvalue weighted by molar-refractivity contribution is 7.17. The molecule has 0 atom stereocenters. The van der Waals surface area contributed by atoms with E-state index < -0.39 is 0 Å². The lowest BCUT2D eigenvalue weighted by atomic mass is 10.2. The van der Waals surface area contributed by atoms with Crippen molar-refractivity contribution in [3.63, 3.8) is 0 Å². The van der Waals surface area contributed by atoms with Crippen LogP contribution in [0.4, 0.5) is 0 Å². The second kappa shape index (κ2) is 7.85. The molecule has 2 aromatic carbocycles. The number of hydrogen-bond donors (Lipinski definition) is 0. The number of aryl methyl sites for hydroxylation is 2. The average Bonchev–Trinajstić information content (AvgIpc) is 3.17. The Morgan fingerprint density at radius 2 is 1.50 bits per heavy atom. The third kappa shape index (κ3) is 4.01. The summed E-state index contributed by atoms with van der Waals surface area (Å²) in [4.78, 5) is 0. The van der Waals surface area contributed by atoms with Gasteiger partial charge in [-0.3, -0.25) is 0 Å². The zero-order chi connectivity index (χ0) is 15.9. The molecule has 4 rings (SSSR count). The second-order valence-electron chi connectivity index (χ2n) is 4.82. The SMILES string of the molecule is CC.Cc1ccc2c(c1)OCO2.Cc1ccc2sccc2c1. The summed E-state index contributed by atoms with van der Waals surface area (Å²) in [7, 11) is 0. The Balaban J connectivity index is 0.000000144. The third-order valence-electron chi connectivity index (χ3n) is 3.14. The summed E-state index contributed by atoms with van der Waals surface area (Å²) in [6, 6.07) is 14.6. The summed E-state index contributed by atoms with van der Waals surface area (Å²) < 4.78 is 11.7. The fraction of sp³-hybridized carbons (Fsp3) is 0.263. The van der Waals surface area contributed by atoms with E-state index in [2.05, 4.69) is 36.6 Å². The molecule has 0 fully saturated rings. The summed E-state index contributed by atoms with van der Waals surface area (Å²) in [5, 5.41) is 3.49. The number of rotatable bonds is 0. The van der Waals surface area contributed by atoms with Gasteiger partial charge in [0.25, 0.3) is 0 Å². The first kappa shape index (κ1) is 16.4. The molecule has 22 heavy (non-hydrogen) atoms. The Morgan fingerprint density at radius 1 is 0.818 bits per heavy atom. The Morgan fingerprint density at radius 3 is 2.32 bits per heavy atom. The first-order chi connectivity index (χ1) is 10.7. The van der Waals surface area contributed by atoms with Gasteiger partial charge < -0.3 is 9.47 Å². The van der Waals surface area contributed by atoms with Crippen LogP contribution in [0.15, 0.2) is 47.8 Å². The lowest BCUT2D eigenvalue weighted by Crippen LogP contribution is -1.92. The van der Waals surface area contributed by atoms with E-state index in [0.29, 0.717) is 6.79 Å². The van der Waals surface area contributed by atoms with E-state index in [9.17, 15) is 0 Å². The van der Waals surface area contributed by atoms with Crippen LogP contribution in [-0.4, -0.2) is 6.79 Å². The lowest BCUT2D eigenvalue weighted by Gasteiger charge is -1.94. The minimum atomic E-state index is 0.360. The van der Waals surface area contributed by atoms with E-state index in [1.807, 2.05) is 39.0 Å². The first-order valence-corrected chi connectivity index (χ1v) is 8.40. The van der Waals surface area contributed by atoms with Crippen molar-refractivity contribution >= 4 is 21.4 Å². The van der Waals surface area contributed by atoms with Gasteiger partial charge in [-0.1, -0.05) is 37.6 Å². The molecule has 0 N–H and O–H groups in total. The van der Waals surface area contributed by atoms with Gasteiger partial charge in [0.15, 0.2) is 11.5 Å². The predicted octanol–water partition coefficient (Wildman–Crippen LogP) is 5.96. The number of hydrogen-bond acceptors (Lipinski definition) is 3. The van der Waals surface area contributed by atoms with E-state index in [-0.39, 0.29) is 0 Å². The quantitative estimate of drug-likeness (QED) is 0.509. The highest BCUT2D eigenvalue weighted by Gasteiger charge is 2.11. The van der Waals surface area contributed by atoms with Crippen molar-refractivity contribution in [1.82, 2.24) is 0 Å². The molecule has 3 aromatic rings.